The zero-order valence-electron chi connectivity index (χ0n) is 12.4. The second-order valence-corrected chi connectivity index (χ2v) is 4.69. The van der Waals surface area contributed by atoms with Gasteiger partial charge in [-0.3, -0.25) is 9.78 Å². The minimum atomic E-state index is -0.808. The Morgan fingerprint density at radius 3 is 2.50 bits per heavy atom. The smallest absolute Gasteiger partial charge is 0.333 e. The van der Waals surface area contributed by atoms with E-state index in [2.05, 4.69) is 10.3 Å². The summed E-state index contributed by atoms with van der Waals surface area (Å²) in [6.07, 6.45) is 1.94. The highest BCUT2D eigenvalue weighted by Gasteiger charge is 2.23. The molecule has 0 aliphatic rings. The zero-order valence-corrected chi connectivity index (χ0v) is 12.4. The maximum Gasteiger partial charge on any atom is 0.333 e. The molecule has 1 atom stereocenters. The van der Waals surface area contributed by atoms with Crippen LogP contribution < -0.4 is 5.32 Å². The minimum Gasteiger partial charge on any atom is -0.457 e. The molecule has 0 aliphatic heterocycles. The molecule has 0 unspecified atom stereocenters. The lowest BCUT2D eigenvalue weighted by atomic mass is 10.1. The molecular formula is C17H18N2O3. The molecule has 5 nitrogen and oxygen atoms in total. The van der Waals surface area contributed by atoms with Gasteiger partial charge in [0.15, 0.2) is 6.04 Å². The van der Waals surface area contributed by atoms with Crippen molar-refractivity contribution in [3.8, 4) is 0 Å². The van der Waals surface area contributed by atoms with E-state index in [-0.39, 0.29) is 12.5 Å². The first kappa shape index (κ1) is 15.7. The molecule has 1 N–H and O–H groups in total. The van der Waals surface area contributed by atoms with Crippen LogP contribution in [0.15, 0.2) is 54.7 Å². The fourth-order valence-electron chi connectivity index (χ4n) is 1.90. The van der Waals surface area contributed by atoms with Crippen molar-refractivity contribution < 1.29 is 14.3 Å². The van der Waals surface area contributed by atoms with Crippen LogP contribution in [0.4, 0.5) is 0 Å². The fraction of sp³-hybridized carbons (Fsp3) is 0.235. The Bertz CT molecular complexity index is 614. The van der Waals surface area contributed by atoms with Crippen molar-refractivity contribution in [2.24, 2.45) is 0 Å². The fourth-order valence-corrected chi connectivity index (χ4v) is 1.90. The van der Waals surface area contributed by atoms with E-state index < -0.39 is 12.0 Å². The Kier molecular flexibility index (Phi) is 5.65. The first-order valence-corrected chi connectivity index (χ1v) is 7.11. The van der Waals surface area contributed by atoms with Gasteiger partial charge in [0.2, 0.25) is 5.91 Å². The molecule has 1 aromatic carbocycles. The SMILES string of the molecule is CCC(=O)N[C@H](C(=O)OCc1ccccn1)c1ccccc1. The van der Waals surface area contributed by atoms with Crippen molar-refractivity contribution in [2.45, 2.75) is 26.0 Å². The molecule has 2 aromatic rings. The number of aromatic nitrogens is 1. The molecule has 0 radical (unpaired) electrons. The summed E-state index contributed by atoms with van der Waals surface area (Å²) in [4.78, 5) is 28.0. The monoisotopic (exact) mass is 298 g/mol. The number of carbonyl (C=O) groups excluding carboxylic acids is 2. The molecule has 0 spiro atoms. The number of carbonyl (C=O) groups is 2. The lowest BCUT2D eigenvalue weighted by Gasteiger charge is -2.17. The van der Waals surface area contributed by atoms with Crippen molar-refractivity contribution in [1.29, 1.82) is 0 Å². The van der Waals surface area contributed by atoms with Crippen LogP contribution in [-0.2, 0) is 20.9 Å². The number of nitrogens with one attached hydrogen (secondary N) is 1. The molecule has 0 aliphatic carbocycles. The lowest BCUT2D eigenvalue weighted by molar-refractivity contribution is -0.149. The van der Waals surface area contributed by atoms with Crippen LogP contribution in [0.25, 0.3) is 0 Å². The summed E-state index contributed by atoms with van der Waals surface area (Å²) >= 11 is 0. The van der Waals surface area contributed by atoms with Gasteiger partial charge in [0, 0.05) is 12.6 Å². The Hall–Kier alpha value is -2.69. The van der Waals surface area contributed by atoms with E-state index in [0.717, 1.165) is 0 Å². The van der Waals surface area contributed by atoms with E-state index in [1.165, 1.54) is 0 Å². The number of nitrogens with zero attached hydrogens (tertiary/aromatic N) is 1. The number of amides is 1. The van der Waals surface area contributed by atoms with Gasteiger partial charge < -0.3 is 10.1 Å². The summed E-state index contributed by atoms with van der Waals surface area (Å²) < 4.78 is 5.27. The highest BCUT2D eigenvalue weighted by molar-refractivity contribution is 5.85. The number of rotatable bonds is 6. The van der Waals surface area contributed by atoms with Gasteiger partial charge in [-0.25, -0.2) is 4.79 Å². The average molecular weight is 298 g/mol. The molecular weight excluding hydrogens is 280 g/mol. The molecule has 114 valence electrons. The third-order valence-corrected chi connectivity index (χ3v) is 3.08. The Morgan fingerprint density at radius 2 is 1.86 bits per heavy atom. The van der Waals surface area contributed by atoms with Crippen LogP contribution in [-0.4, -0.2) is 16.9 Å². The third-order valence-electron chi connectivity index (χ3n) is 3.08. The summed E-state index contributed by atoms with van der Waals surface area (Å²) in [5.74, 6) is -0.706. The Balaban J connectivity index is 2.07. The molecule has 1 heterocycles. The second-order valence-electron chi connectivity index (χ2n) is 4.69. The molecule has 0 bridgehead atoms. The van der Waals surface area contributed by atoms with Crippen LogP contribution in [0.3, 0.4) is 0 Å². The van der Waals surface area contributed by atoms with Gasteiger partial charge in [0.25, 0.3) is 0 Å². The van der Waals surface area contributed by atoms with Crippen LogP contribution in [0.2, 0.25) is 0 Å². The number of ether oxygens (including phenoxy) is 1. The zero-order chi connectivity index (χ0) is 15.8. The summed E-state index contributed by atoms with van der Waals surface area (Å²) in [7, 11) is 0. The third kappa shape index (κ3) is 4.41. The average Bonchev–Trinajstić information content (AvgIpc) is 2.59. The van der Waals surface area contributed by atoms with Crippen LogP contribution >= 0.6 is 0 Å². The molecule has 22 heavy (non-hydrogen) atoms. The Labute approximate surface area is 129 Å². The number of esters is 1. The Morgan fingerprint density at radius 1 is 1.14 bits per heavy atom. The number of hydrogen-bond acceptors (Lipinski definition) is 4. The predicted octanol–water partition coefficient (Wildman–Crippen LogP) is 2.39. The first-order chi connectivity index (χ1) is 10.7. The summed E-state index contributed by atoms with van der Waals surface area (Å²) in [5, 5.41) is 2.69. The molecule has 0 saturated heterocycles. The first-order valence-electron chi connectivity index (χ1n) is 7.11. The van der Waals surface area contributed by atoms with E-state index in [1.807, 2.05) is 24.3 Å². The predicted molar refractivity (Wildman–Crippen MR) is 81.6 cm³/mol. The summed E-state index contributed by atoms with van der Waals surface area (Å²) in [5.41, 5.74) is 1.35. The maximum atomic E-state index is 12.3. The highest BCUT2D eigenvalue weighted by Crippen LogP contribution is 2.15. The number of benzene rings is 1. The van der Waals surface area contributed by atoms with Gasteiger partial charge in [-0.1, -0.05) is 43.3 Å². The number of pyridine rings is 1. The van der Waals surface area contributed by atoms with E-state index in [9.17, 15) is 9.59 Å². The van der Waals surface area contributed by atoms with Crippen LogP contribution in [0.1, 0.15) is 30.6 Å². The van der Waals surface area contributed by atoms with Crippen molar-refractivity contribution in [3.63, 3.8) is 0 Å². The molecule has 1 amide bonds. The molecule has 0 saturated carbocycles. The highest BCUT2D eigenvalue weighted by atomic mass is 16.5. The largest absolute Gasteiger partial charge is 0.457 e. The van der Waals surface area contributed by atoms with E-state index in [4.69, 9.17) is 4.74 Å². The van der Waals surface area contributed by atoms with Crippen molar-refractivity contribution >= 4 is 11.9 Å². The molecule has 2 rings (SSSR count). The van der Waals surface area contributed by atoms with E-state index in [1.54, 1.807) is 37.4 Å². The summed E-state index contributed by atoms with van der Waals surface area (Å²) in [6.45, 7) is 1.81. The lowest BCUT2D eigenvalue weighted by Crippen LogP contribution is -2.34. The van der Waals surface area contributed by atoms with Crippen LogP contribution in [0.5, 0.6) is 0 Å². The maximum absolute atomic E-state index is 12.3. The van der Waals surface area contributed by atoms with Gasteiger partial charge in [0.05, 0.1) is 5.69 Å². The van der Waals surface area contributed by atoms with Gasteiger partial charge in [-0.2, -0.15) is 0 Å². The normalized spacial score (nSPS) is 11.5. The topological polar surface area (TPSA) is 68.3 Å². The van der Waals surface area contributed by atoms with E-state index >= 15 is 0 Å². The number of hydrogen-bond donors (Lipinski definition) is 1. The van der Waals surface area contributed by atoms with Gasteiger partial charge in [-0.05, 0) is 17.7 Å². The van der Waals surface area contributed by atoms with Crippen molar-refractivity contribution in [3.05, 3.63) is 66.0 Å². The molecule has 0 fully saturated rings. The minimum absolute atomic E-state index is 0.0744. The van der Waals surface area contributed by atoms with Gasteiger partial charge >= 0.3 is 5.97 Å². The van der Waals surface area contributed by atoms with E-state index in [0.29, 0.717) is 17.7 Å². The van der Waals surface area contributed by atoms with Gasteiger partial charge in [0.1, 0.15) is 6.61 Å². The summed E-state index contributed by atoms with van der Waals surface area (Å²) in [6, 6.07) is 13.6. The van der Waals surface area contributed by atoms with Crippen LogP contribution in [0, 0.1) is 0 Å². The van der Waals surface area contributed by atoms with Gasteiger partial charge in [-0.15, -0.1) is 0 Å². The quantitative estimate of drug-likeness (QED) is 0.831. The van der Waals surface area contributed by atoms with Crippen molar-refractivity contribution in [1.82, 2.24) is 10.3 Å². The molecule has 1 aromatic heterocycles. The van der Waals surface area contributed by atoms with Crippen molar-refractivity contribution in [2.75, 3.05) is 0 Å². The second kappa shape index (κ2) is 7.93. The standard InChI is InChI=1S/C17H18N2O3/c1-2-15(20)19-16(13-8-4-3-5-9-13)17(21)22-12-14-10-6-7-11-18-14/h3-11,16H,2,12H2,1H3,(H,19,20)/t16-/m0/s1. The molecule has 5 heteroatoms.